The Morgan fingerprint density at radius 1 is 1.20 bits per heavy atom. The van der Waals surface area contributed by atoms with Crippen molar-refractivity contribution in [2.75, 3.05) is 13.7 Å². The van der Waals surface area contributed by atoms with Gasteiger partial charge in [0.15, 0.2) is 10.9 Å². The molecule has 2 aromatic carbocycles. The molecule has 30 heavy (non-hydrogen) atoms. The number of benzene rings is 2. The van der Waals surface area contributed by atoms with Crippen LogP contribution in [-0.4, -0.2) is 45.9 Å². The predicted octanol–water partition coefficient (Wildman–Crippen LogP) is 2.70. The third-order valence-corrected chi connectivity index (χ3v) is 5.20. The molecular weight excluding hydrogens is 428 g/mol. The van der Waals surface area contributed by atoms with Crippen LogP contribution in [-0.2, 0) is 9.59 Å². The second-order valence-electron chi connectivity index (χ2n) is 5.91. The molecule has 2 aromatic rings. The molecule has 0 atom stereocenters. The van der Waals surface area contributed by atoms with Crippen LogP contribution < -0.4 is 14.9 Å². The van der Waals surface area contributed by atoms with Gasteiger partial charge in [-0.1, -0.05) is 36.0 Å². The highest BCUT2D eigenvalue weighted by Gasteiger charge is 2.34. The van der Waals surface area contributed by atoms with Gasteiger partial charge in [-0.25, -0.2) is 4.79 Å². The zero-order chi connectivity index (χ0) is 21.7. The van der Waals surface area contributed by atoms with Crippen LogP contribution in [0, 0.1) is 0 Å². The van der Waals surface area contributed by atoms with Gasteiger partial charge in [-0.2, -0.15) is 5.01 Å². The van der Waals surface area contributed by atoms with Crippen molar-refractivity contribution in [3.05, 3.63) is 64.6 Å². The molecule has 1 saturated heterocycles. The molecule has 0 unspecified atom stereocenters. The molecule has 1 aliphatic rings. The average molecular weight is 444 g/mol. The minimum absolute atomic E-state index is 0.191. The molecular formula is C20H16N2O6S2. The van der Waals surface area contributed by atoms with E-state index in [1.165, 1.54) is 7.11 Å². The fraction of sp³-hybridized carbons (Fsp3) is 0.100. The molecule has 2 N–H and O–H groups in total. The summed E-state index contributed by atoms with van der Waals surface area (Å²) in [4.78, 5) is 36.1. The molecule has 0 saturated carbocycles. The Bertz CT molecular complexity index is 1040. The largest absolute Gasteiger partial charge is 0.496 e. The SMILES string of the molecule is COc1ccccc1C(=O)NN1C(=O)/C(=C\c2ccc(OCC(=O)O)cc2)SC1=S. The lowest BCUT2D eigenvalue weighted by molar-refractivity contribution is -0.139. The Labute approximate surface area is 181 Å². The van der Waals surface area contributed by atoms with Crippen LogP contribution in [0.1, 0.15) is 15.9 Å². The third kappa shape index (κ3) is 4.97. The average Bonchev–Trinajstić information content (AvgIpc) is 3.00. The van der Waals surface area contributed by atoms with E-state index in [9.17, 15) is 14.4 Å². The van der Waals surface area contributed by atoms with Crippen LogP contribution in [0.3, 0.4) is 0 Å². The number of nitrogens with zero attached hydrogens (tertiary/aromatic N) is 1. The topological polar surface area (TPSA) is 105 Å². The van der Waals surface area contributed by atoms with Crippen molar-refractivity contribution < 1.29 is 29.0 Å². The first kappa shape index (κ1) is 21.3. The van der Waals surface area contributed by atoms with Gasteiger partial charge in [0.05, 0.1) is 17.6 Å². The molecule has 0 aromatic heterocycles. The normalized spacial score (nSPS) is 14.7. The molecule has 0 aliphatic carbocycles. The maximum atomic E-state index is 12.7. The minimum Gasteiger partial charge on any atom is -0.496 e. The number of hydrogen-bond acceptors (Lipinski definition) is 7. The van der Waals surface area contributed by atoms with E-state index >= 15 is 0 Å². The Balaban J connectivity index is 1.71. The molecule has 8 nitrogen and oxygen atoms in total. The molecule has 10 heteroatoms. The van der Waals surface area contributed by atoms with Crippen molar-refractivity contribution in [3.63, 3.8) is 0 Å². The Morgan fingerprint density at radius 2 is 1.90 bits per heavy atom. The monoisotopic (exact) mass is 444 g/mol. The second kappa shape index (κ2) is 9.42. The van der Waals surface area contributed by atoms with Crippen molar-refractivity contribution in [1.29, 1.82) is 0 Å². The fourth-order valence-corrected chi connectivity index (χ4v) is 3.69. The number of carboxylic acid groups (broad SMARTS) is 1. The number of carbonyl (C=O) groups is 3. The molecule has 0 spiro atoms. The molecule has 1 heterocycles. The number of nitrogens with one attached hydrogen (secondary N) is 1. The van der Waals surface area contributed by atoms with Gasteiger partial charge in [0.1, 0.15) is 11.5 Å². The van der Waals surface area contributed by atoms with Crippen molar-refractivity contribution in [3.8, 4) is 11.5 Å². The van der Waals surface area contributed by atoms with Gasteiger partial charge in [0, 0.05) is 0 Å². The predicted molar refractivity (Wildman–Crippen MR) is 115 cm³/mol. The van der Waals surface area contributed by atoms with Gasteiger partial charge in [0.2, 0.25) is 0 Å². The number of carboxylic acids is 1. The van der Waals surface area contributed by atoms with Crippen molar-refractivity contribution in [1.82, 2.24) is 10.4 Å². The first-order valence-electron chi connectivity index (χ1n) is 8.55. The minimum atomic E-state index is -1.07. The summed E-state index contributed by atoms with van der Waals surface area (Å²) in [6, 6.07) is 13.2. The highest BCUT2D eigenvalue weighted by atomic mass is 32.2. The summed E-state index contributed by atoms with van der Waals surface area (Å²) in [6.45, 7) is -0.441. The Kier molecular flexibility index (Phi) is 6.70. The summed E-state index contributed by atoms with van der Waals surface area (Å²) in [5, 5.41) is 9.65. The summed E-state index contributed by atoms with van der Waals surface area (Å²) >= 11 is 6.28. The maximum absolute atomic E-state index is 12.7. The molecule has 3 rings (SSSR count). The number of carbonyl (C=O) groups excluding carboxylic acids is 2. The summed E-state index contributed by atoms with van der Waals surface area (Å²) in [5.41, 5.74) is 3.47. The molecule has 0 bridgehead atoms. The van der Waals surface area contributed by atoms with Crippen LogP contribution >= 0.6 is 24.0 Å². The fourth-order valence-electron chi connectivity index (χ4n) is 2.51. The van der Waals surface area contributed by atoms with Crippen molar-refractivity contribution >= 4 is 52.2 Å². The number of para-hydroxylation sites is 1. The van der Waals surface area contributed by atoms with E-state index in [0.29, 0.717) is 22.0 Å². The standard InChI is InChI=1S/C20H16N2O6S2/c1-27-15-5-3-2-4-14(15)18(25)21-22-19(26)16(30-20(22)29)10-12-6-8-13(9-7-12)28-11-17(23)24/h2-10H,11H2,1H3,(H,21,25)(H,23,24)/b16-10+. The number of aliphatic carboxylic acids is 1. The first-order valence-corrected chi connectivity index (χ1v) is 9.78. The van der Waals surface area contributed by atoms with Crippen LogP contribution in [0.15, 0.2) is 53.4 Å². The van der Waals surface area contributed by atoms with Gasteiger partial charge in [-0.15, -0.1) is 0 Å². The lowest BCUT2D eigenvalue weighted by Gasteiger charge is -2.16. The van der Waals surface area contributed by atoms with E-state index in [0.717, 1.165) is 16.8 Å². The van der Waals surface area contributed by atoms with E-state index in [2.05, 4.69) is 5.43 Å². The number of ether oxygens (including phenoxy) is 2. The smallest absolute Gasteiger partial charge is 0.341 e. The lowest BCUT2D eigenvalue weighted by atomic mass is 10.2. The number of methoxy groups -OCH3 is 1. The first-order chi connectivity index (χ1) is 14.4. The summed E-state index contributed by atoms with van der Waals surface area (Å²) in [5.74, 6) is -1.28. The number of rotatable bonds is 7. The van der Waals surface area contributed by atoms with Gasteiger partial charge >= 0.3 is 5.97 Å². The molecule has 154 valence electrons. The zero-order valence-corrected chi connectivity index (χ0v) is 17.3. The molecule has 2 amide bonds. The Morgan fingerprint density at radius 3 is 2.57 bits per heavy atom. The van der Waals surface area contributed by atoms with E-state index in [4.69, 9.17) is 26.8 Å². The van der Waals surface area contributed by atoms with Crippen LogP contribution in [0.5, 0.6) is 11.5 Å². The summed E-state index contributed by atoms with van der Waals surface area (Å²) in [7, 11) is 1.45. The maximum Gasteiger partial charge on any atom is 0.341 e. The third-order valence-electron chi connectivity index (χ3n) is 3.90. The van der Waals surface area contributed by atoms with Gasteiger partial charge < -0.3 is 14.6 Å². The van der Waals surface area contributed by atoms with E-state index in [1.54, 1.807) is 54.6 Å². The number of hydrazine groups is 1. The van der Waals surface area contributed by atoms with E-state index in [1.807, 2.05) is 0 Å². The van der Waals surface area contributed by atoms with Crippen molar-refractivity contribution in [2.45, 2.75) is 0 Å². The number of amides is 2. The number of thioether (sulfide) groups is 1. The molecule has 1 aliphatic heterocycles. The van der Waals surface area contributed by atoms with Gasteiger partial charge in [0.25, 0.3) is 11.8 Å². The highest BCUT2D eigenvalue weighted by Crippen LogP contribution is 2.32. The van der Waals surface area contributed by atoms with Crippen LogP contribution in [0.4, 0.5) is 0 Å². The van der Waals surface area contributed by atoms with Crippen LogP contribution in [0.2, 0.25) is 0 Å². The number of hydrogen-bond donors (Lipinski definition) is 2. The molecule has 1 fully saturated rings. The second-order valence-corrected chi connectivity index (χ2v) is 7.59. The summed E-state index contributed by atoms with van der Waals surface area (Å²) < 4.78 is 10.4. The number of thiocarbonyl (C=S) groups is 1. The van der Waals surface area contributed by atoms with Crippen molar-refractivity contribution in [2.24, 2.45) is 0 Å². The van der Waals surface area contributed by atoms with Crippen LogP contribution in [0.25, 0.3) is 6.08 Å². The molecule has 0 radical (unpaired) electrons. The van der Waals surface area contributed by atoms with Gasteiger partial charge in [-0.05, 0) is 48.1 Å². The van der Waals surface area contributed by atoms with E-state index in [-0.39, 0.29) is 9.88 Å². The summed E-state index contributed by atoms with van der Waals surface area (Å²) in [6.07, 6.45) is 1.62. The Hall–Kier alpha value is -3.37. The van der Waals surface area contributed by atoms with Gasteiger partial charge in [-0.3, -0.25) is 15.0 Å². The van der Waals surface area contributed by atoms with E-state index < -0.39 is 24.4 Å². The lowest BCUT2D eigenvalue weighted by Crippen LogP contribution is -2.44. The quantitative estimate of drug-likeness (QED) is 0.496. The highest BCUT2D eigenvalue weighted by molar-refractivity contribution is 8.26. The zero-order valence-electron chi connectivity index (χ0n) is 15.7.